The van der Waals surface area contributed by atoms with E-state index in [4.69, 9.17) is 5.02 Å². The van der Waals surface area contributed by atoms with Crippen molar-refractivity contribution in [2.75, 3.05) is 6.61 Å². The molecule has 0 aliphatic heterocycles. The molecule has 0 aromatic carbocycles. The van der Waals surface area contributed by atoms with E-state index in [2.05, 4.69) is 38.9 Å². The summed E-state index contributed by atoms with van der Waals surface area (Å²) in [4.78, 5) is 0. The molecule has 0 bridgehead atoms. The van der Waals surface area contributed by atoms with Crippen molar-refractivity contribution in [1.29, 1.82) is 0 Å². The molecule has 0 aromatic rings. The van der Waals surface area contributed by atoms with Crippen LogP contribution in [0.5, 0.6) is 0 Å². The minimum atomic E-state index is 0.372. The van der Waals surface area contributed by atoms with Gasteiger partial charge in [-0.15, -0.1) is 6.58 Å². The molecule has 0 amide bonds. The van der Waals surface area contributed by atoms with Gasteiger partial charge in [-0.25, -0.2) is 0 Å². The maximum Gasteiger partial charge on any atom is 0.485 e. The van der Waals surface area contributed by atoms with Gasteiger partial charge in [-0.1, -0.05) is 33.8 Å². The Morgan fingerprint density at radius 1 is 1.33 bits per heavy atom. The van der Waals surface area contributed by atoms with Gasteiger partial charge in [-0.3, -0.25) is 0 Å². The first-order valence-corrected chi connectivity index (χ1v) is 4.24. The standard InChI is InChI=1S/C6H14.C3H6BO2/c1-5(2)6(3)4;1-2-3-6-4-5/h5-6H,1-4H3;2,5H,1,3H2. The molecule has 1 N–H and O–H groups in total. The van der Waals surface area contributed by atoms with Crippen LogP contribution in [-0.2, 0) is 4.65 Å². The van der Waals surface area contributed by atoms with Gasteiger partial charge in [0.25, 0.3) is 0 Å². The molecular weight excluding hydrogens is 151 g/mol. The summed E-state index contributed by atoms with van der Waals surface area (Å²) < 4.78 is 4.30. The molecule has 0 saturated carbocycles. The Morgan fingerprint density at radius 3 is 1.83 bits per heavy atom. The predicted octanol–water partition coefficient (Wildman–Crippen LogP) is 2.01. The van der Waals surface area contributed by atoms with E-state index in [1.54, 1.807) is 6.08 Å². The fourth-order valence-electron chi connectivity index (χ4n) is 0.111. The lowest BCUT2D eigenvalue weighted by atomic mass is 10.0. The van der Waals surface area contributed by atoms with Gasteiger partial charge in [0.05, 0.1) is 0 Å². The number of hydrogen-bond acceptors (Lipinski definition) is 2. The van der Waals surface area contributed by atoms with Gasteiger partial charge in [0.2, 0.25) is 0 Å². The number of rotatable bonds is 4. The van der Waals surface area contributed by atoms with E-state index in [-0.39, 0.29) is 0 Å². The first kappa shape index (κ1) is 14.3. The summed E-state index contributed by atoms with van der Waals surface area (Å²) in [5, 5.41) is 7.80. The molecule has 0 atom stereocenters. The monoisotopic (exact) mass is 171 g/mol. The molecule has 0 aliphatic rings. The van der Waals surface area contributed by atoms with E-state index in [0.29, 0.717) is 14.3 Å². The van der Waals surface area contributed by atoms with Crippen molar-refractivity contribution in [3.63, 3.8) is 0 Å². The summed E-state index contributed by atoms with van der Waals surface area (Å²) in [5.74, 6) is 1.70. The molecule has 0 fully saturated rings. The minimum absolute atomic E-state index is 0.372. The Bertz CT molecular complexity index is 86.5. The zero-order valence-electron chi connectivity index (χ0n) is 8.58. The van der Waals surface area contributed by atoms with Crippen molar-refractivity contribution in [1.82, 2.24) is 0 Å². The highest BCUT2D eigenvalue weighted by molar-refractivity contribution is 6.15. The van der Waals surface area contributed by atoms with Gasteiger partial charge in [-0.2, -0.15) is 0 Å². The predicted molar refractivity (Wildman–Crippen MR) is 53.8 cm³/mol. The van der Waals surface area contributed by atoms with E-state index in [1.165, 1.54) is 0 Å². The average molecular weight is 171 g/mol. The summed E-state index contributed by atoms with van der Waals surface area (Å²) in [6, 6.07) is 0. The van der Waals surface area contributed by atoms with Crippen LogP contribution in [-0.4, -0.2) is 19.3 Å². The summed E-state index contributed by atoms with van der Waals surface area (Å²) in [6.07, 6.45) is 1.55. The van der Waals surface area contributed by atoms with Gasteiger partial charge in [0, 0.05) is 6.61 Å². The van der Waals surface area contributed by atoms with Crippen molar-refractivity contribution in [3.8, 4) is 0 Å². The van der Waals surface area contributed by atoms with Crippen molar-refractivity contribution in [2.45, 2.75) is 27.7 Å². The summed E-state index contributed by atoms with van der Waals surface area (Å²) in [5.41, 5.74) is 0. The lowest BCUT2D eigenvalue weighted by Crippen LogP contribution is -1.95. The van der Waals surface area contributed by atoms with Gasteiger partial charge >= 0.3 is 7.69 Å². The van der Waals surface area contributed by atoms with Crippen LogP contribution in [0.2, 0.25) is 0 Å². The topological polar surface area (TPSA) is 29.5 Å². The van der Waals surface area contributed by atoms with Gasteiger partial charge in [0.1, 0.15) is 0 Å². The number of hydrogen-bond donors (Lipinski definition) is 1. The molecule has 0 spiro atoms. The highest BCUT2D eigenvalue weighted by Crippen LogP contribution is 2.05. The van der Waals surface area contributed by atoms with Crippen molar-refractivity contribution in [3.05, 3.63) is 12.7 Å². The van der Waals surface area contributed by atoms with Crippen LogP contribution in [0.1, 0.15) is 27.7 Å². The molecule has 0 rings (SSSR count). The Labute approximate surface area is 76.9 Å². The lowest BCUT2D eigenvalue weighted by molar-refractivity contribution is 0.321. The Balaban J connectivity index is 0. The van der Waals surface area contributed by atoms with E-state index >= 15 is 0 Å². The van der Waals surface area contributed by atoms with E-state index < -0.39 is 0 Å². The van der Waals surface area contributed by atoms with Crippen molar-refractivity contribution in [2.24, 2.45) is 11.8 Å². The Hall–Kier alpha value is -0.275. The van der Waals surface area contributed by atoms with E-state index in [1.807, 2.05) is 0 Å². The molecule has 71 valence electrons. The first-order chi connectivity index (χ1) is 5.56. The quantitative estimate of drug-likeness (QED) is 0.398. The van der Waals surface area contributed by atoms with Crippen molar-refractivity contribution >= 4 is 7.69 Å². The molecule has 12 heavy (non-hydrogen) atoms. The third-order valence-corrected chi connectivity index (χ3v) is 1.62. The van der Waals surface area contributed by atoms with E-state index in [0.717, 1.165) is 11.8 Å². The Morgan fingerprint density at radius 2 is 1.75 bits per heavy atom. The van der Waals surface area contributed by atoms with Crippen LogP contribution in [0.25, 0.3) is 0 Å². The summed E-state index contributed by atoms with van der Waals surface area (Å²) >= 11 is 0. The molecule has 0 aromatic heterocycles. The molecule has 0 aliphatic carbocycles. The largest absolute Gasteiger partial charge is 0.485 e. The minimum Gasteiger partial charge on any atom is -0.429 e. The molecule has 3 heteroatoms. The molecule has 0 unspecified atom stereocenters. The first-order valence-electron chi connectivity index (χ1n) is 4.24. The van der Waals surface area contributed by atoms with Crippen LogP contribution in [0.3, 0.4) is 0 Å². The van der Waals surface area contributed by atoms with Crippen LogP contribution in [0.4, 0.5) is 0 Å². The zero-order chi connectivity index (χ0) is 9.98. The second-order valence-electron chi connectivity index (χ2n) is 3.22. The van der Waals surface area contributed by atoms with Crippen LogP contribution >= 0.6 is 0 Å². The summed E-state index contributed by atoms with van der Waals surface area (Å²) in [7, 11) is 0.641. The van der Waals surface area contributed by atoms with Gasteiger partial charge in [-0.05, 0) is 11.8 Å². The highest BCUT2D eigenvalue weighted by Gasteiger charge is 1.95. The SMILES string of the molecule is C=CCO[B]O.CC(C)C(C)C. The third-order valence-electron chi connectivity index (χ3n) is 1.62. The van der Waals surface area contributed by atoms with Crippen LogP contribution in [0.15, 0.2) is 12.7 Å². The third kappa shape index (κ3) is 16.4. The second-order valence-corrected chi connectivity index (χ2v) is 3.22. The molecular formula is C9H20BO2. The highest BCUT2D eigenvalue weighted by atomic mass is 16.5. The normalized spacial score (nSPS) is 9.25. The summed E-state index contributed by atoms with van der Waals surface area (Å²) in [6.45, 7) is 12.7. The average Bonchev–Trinajstić information content (AvgIpc) is 2.02. The van der Waals surface area contributed by atoms with Gasteiger partial charge in [0.15, 0.2) is 0 Å². The van der Waals surface area contributed by atoms with E-state index in [9.17, 15) is 0 Å². The molecule has 0 saturated heterocycles. The van der Waals surface area contributed by atoms with Crippen LogP contribution < -0.4 is 0 Å². The lowest BCUT2D eigenvalue weighted by Gasteiger charge is -2.05. The maximum absolute atomic E-state index is 7.80. The second kappa shape index (κ2) is 10.7. The Kier molecular flexibility index (Phi) is 12.7. The van der Waals surface area contributed by atoms with Crippen molar-refractivity contribution < 1.29 is 9.68 Å². The molecule has 2 nitrogen and oxygen atoms in total. The maximum atomic E-state index is 7.80. The smallest absolute Gasteiger partial charge is 0.429 e. The fraction of sp³-hybridized carbons (Fsp3) is 0.778. The fourth-order valence-corrected chi connectivity index (χ4v) is 0.111. The molecule has 1 radical (unpaired) electrons. The van der Waals surface area contributed by atoms with Gasteiger partial charge < -0.3 is 9.68 Å². The van der Waals surface area contributed by atoms with Crippen LogP contribution in [0, 0.1) is 11.8 Å². The molecule has 0 heterocycles. The zero-order valence-corrected chi connectivity index (χ0v) is 8.58.